The van der Waals surface area contributed by atoms with Crippen molar-refractivity contribution in [2.45, 2.75) is 44.8 Å². The van der Waals surface area contributed by atoms with Crippen molar-refractivity contribution in [2.24, 2.45) is 0 Å². The molecule has 3 heterocycles. The van der Waals surface area contributed by atoms with E-state index in [0.717, 1.165) is 80.0 Å². The zero-order chi connectivity index (χ0) is 22.6. The van der Waals surface area contributed by atoms with Crippen molar-refractivity contribution in [1.82, 2.24) is 20.3 Å². The summed E-state index contributed by atoms with van der Waals surface area (Å²) < 4.78 is 12.0. The van der Waals surface area contributed by atoms with E-state index in [2.05, 4.69) is 37.3 Å². The maximum absolute atomic E-state index is 12.5. The highest BCUT2D eigenvalue weighted by Gasteiger charge is 2.25. The summed E-state index contributed by atoms with van der Waals surface area (Å²) >= 11 is 0. The van der Waals surface area contributed by atoms with Gasteiger partial charge in [-0.15, -0.1) is 0 Å². The summed E-state index contributed by atoms with van der Waals surface area (Å²) in [6.45, 7) is 5.12. The Labute approximate surface area is 193 Å². The molecule has 5 rings (SSSR count). The van der Waals surface area contributed by atoms with Crippen LogP contribution in [-0.4, -0.2) is 59.3 Å². The van der Waals surface area contributed by atoms with E-state index in [1.807, 2.05) is 19.1 Å². The van der Waals surface area contributed by atoms with Crippen LogP contribution < -0.4 is 15.0 Å². The number of pyridine rings is 1. The molecule has 2 aliphatic rings. The molecule has 0 atom stereocenters. The molecule has 0 radical (unpaired) electrons. The van der Waals surface area contributed by atoms with E-state index in [-0.39, 0.29) is 18.1 Å². The average Bonchev–Trinajstić information content (AvgIpc) is 2.85. The van der Waals surface area contributed by atoms with Gasteiger partial charge in [-0.2, -0.15) is 0 Å². The third-order valence-electron chi connectivity index (χ3n) is 6.35. The van der Waals surface area contributed by atoms with Gasteiger partial charge in [0.2, 0.25) is 0 Å². The zero-order valence-corrected chi connectivity index (χ0v) is 18.9. The van der Waals surface area contributed by atoms with Gasteiger partial charge in [0.15, 0.2) is 0 Å². The number of carbonyl (C=O) groups excluding carboxylic acids is 1. The molecule has 1 aromatic carbocycles. The first kappa shape index (κ1) is 21.6. The van der Waals surface area contributed by atoms with E-state index in [1.165, 1.54) is 0 Å². The van der Waals surface area contributed by atoms with Gasteiger partial charge >= 0.3 is 0 Å². The molecule has 172 valence electrons. The third-order valence-corrected chi connectivity index (χ3v) is 6.35. The number of amides is 1. The number of aromatic nitrogens is 3. The van der Waals surface area contributed by atoms with Crippen molar-refractivity contribution in [3.63, 3.8) is 0 Å². The van der Waals surface area contributed by atoms with Crippen molar-refractivity contribution >= 4 is 22.6 Å². The Morgan fingerprint density at radius 3 is 2.61 bits per heavy atom. The summed E-state index contributed by atoms with van der Waals surface area (Å²) in [5.41, 5.74) is 4.21. The molecule has 0 unspecified atom stereocenters. The molecule has 8 nitrogen and oxygen atoms in total. The van der Waals surface area contributed by atoms with Crippen molar-refractivity contribution in [3.8, 4) is 5.75 Å². The fraction of sp³-hybridized carbons (Fsp3) is 0.440. The van der Waals surface area contributed by atoms with Gasteiger partial charge in [0.1, 0.15) is 17.0 Å². The number of morpholine rings is 1. The largest absolute Gasteiger partial charge is 0.488 e. The second-order valence-electron chi connectivity index (χ2n) is 8.75. The summed E-state index contributed by atoms with van der Waals surface area (Å²) in [5, 5.41) is 3.13. The van der Waals surface area contributed by atoms with Crippen LogP contribution in [0.1, 0.15) is 41.7 Å². The van der Waals surface area contributed by atoms with Gasteiger partial charge in [0, 0.05) is 49.5 Å². The first-order chi connectivity index (χ1) is 16.2. The topological polar surface area (TPSA) is 89.5 Å². The molecule has 8 heteroatoms. The highest BCUT2D eigenvalue weighted by molar-refractivity contribution is 5.92. The van der Waals surface area contributed by atoms with E-state index in [0.29, 0.717) is 5.69 Å². The number of benzene rings is 1. The van der Waals surface area contributed by atoms with Crippen LogP contribution in [0.2, 0.25) is 0 Å². The number of nitrogens with zero attached hydrogens (tertiary/aromatic N) is 4. The number of fused-ring (bicyclic) bond motifs is 1. The van der Waals surface area contributed by atoms with Gasteiger partial charge in [0.05, 0.1) is 24.8 Å². The highest BCUT2D eigenvalue weighted by Crippen LogP contribution is 2.33. The van der Waals surface area contributed by atoms with Crippen LogP contribution in [0.25, 0.3) is 11.0 Å². The Balaban J connectivity index is 1.25. The van der Waals surface area contributed by atoms with E-state index < -0.39 is 0 Å². The fourth-order valence-corrected chi connectivity index (χ4v) is 4.55. The predicted molar refractivity (Wildman–Crippen MR) is 126 cm³/mol. The number of rotatable bonds is 5. The molecular formula is C25H29N5O3. The number of nitrogens with one attached hydrogen (secondary N) is 1. The van der Waals surface area contributed by atoms with Crippen LogP contribution in [0.3, 0.4) is 0 Å². The second-order valence-corrected chi connectivity index (χ2v) is 8.75. The maximum atomic E-state index is 12.5. The van der Waals surface area contributed by atoms with Crippen LogP contribution in [0, 0.1) is 6.92 Å². The summed E-state index contributed by atoms with van der Waals surface area (Å²) in [5.74, 6) is 0.668. The molecule has 2 fully saturated rings. The molecule has 0 bridgehead atoms. The molecule has 33 heavy (non-hydrogen) atoms. The van der Waals surface area contributed by atoms with Gasteiger partial charge in [-0.3, -0.25) is 14.8 Å². The summed E-state index contributed by atoms with van der Waals surface area (Å²) in [7, 11) is 0. The van der Waals surface area contributed by atoms with Crippen molar-refractivity contribution in [3.05, 3.63) is 54.1 Å². The van der Waals surface area contributed by atoms with E-state index in [1.54, 1.807) is 18.6 Å². The van der Waals surface area contributed by atoms with E-state index in [9.17, 15) is 4.79 Å². The van der Waals surface area contributed by atoms with Crippen LogP contribution in [0.5, 0.6) is 5.75 Å². The molecule has 2 aromatic heterocycles. The molecule has 1 aliphatic carbocycles. The van der Waals surface area contributed by atoms with Crippen molar-refractivity contribution in [1.29, 1.82) is 0 Å². The van der Waals surface area contributed by atoms with Gasteiger partial charge in [-0.25, -0.2) is 4.98 Å². The molecule has 0 spiro atoms. The van der Waals surface area contributed by atoms with Crippen LogP contribution in [-0.2, 0) is 4.74 Å². The lowest BCUT2D eigenvalue weighted by Gasteiger charge is -2.31. The Bertz CT molecular complexity index is 1120. The second kappa shape index (κ2) is 9.70. The number of hydrogen-bond acceptors (Lipinski definition) is 7. The lowest BCUT2D eigenvalue weighted by molar-refractivity contribution is 0.0890. The van der Waals surface area contributed by atoms with Crippen molar-refractivity contribution < 1.29 is 14.3 Å². The van der Waals surface area contributed by atoms with Gasteiger partial charge in [-0.05, 0) is 56.4 Å². The van der Waals surface area contributed by atoms with Crippen LogP contribution >= 0.6 is 0 Å². The first-order valence-corrected chi connectivity index (χ1v) is 11.6. The molecular weight excluding hydrogens is 418 g/mol. The van der Waals surface area contributed by atoms with Crippen molar-refractivity contribution in [2.75, 3.05) is 31.2 Å². The average molecular weight is 448 g/mol. The van der Waals surface area contributed by atoms with Gasteiger partial charge in [-0.1, -0.05) is 0 Å². The molecule has 1 N–H and O–H groups in total. The fourth-order valence-electron chi connectivity index (χ4n) is 4.55. The quantitative estimate of drug-likeness (QED) is 0.642. The number of anilines is 1. The predicted octanol–water partition coefficient (Wildman–Crippen LogP) is 3.29. The standard InChI is InChI=1S/C25H29N5O3/c1-17-6-7-26-22(14-17)25(31)29-18-2-4-20(5-3-18)33-23-16-19(30-10-12-32-13-11-30)15-21-24(23)28-9-8-27-21/h6-9,14-16,18,20H,2-5,10-13H2,1H3,(H,29,31)/t18-,20+. The van der Waals surface area contributed by atoms with Crippen LogP contribution in [0.4, 0.5) is 5.69 Å². The number of ether oxygens (including phenoxy) is 2. The minimum absolute atomic E-state index is 0.0837. The lowest BCUT2D eigenvalue weighted by Crippen LogP contribution is -2.40. The Kier molecular flexibility index (Phi) is 6.35. The van der Waals surface area contributed by atoms with Crippen LogP contribution in [0.15, 0.2) is 42.9 Å². The maximum Gasteiger partial charge on any atom is 0.270 e. The Hall–Kier alpha value is -3.26. The number of carbonyl (C=O) groups is 1. The lowest BCUT2D eigenvalue weighted by atomic mass is 9.92. The smallest absolute Gasteiger partial charge is 0.270 e. The minimum atomic E-state index is -0.109. The zero-order valence-electron chi connectivity index (χ0n) is 18.9. The third kappa shape index (κ3) is 5.06. The monoisotopic (exact) mass is 447 g/mol. The normalized spacial score (nSPS) is 21.1. The Morgan fingerprint density at radius 2 is 1.82 bits per heavy atom. The molecule has 1 amide bonds. The highest BCUT2D eigenvalue weighted by atomic mass is 16.5. The molecule has 3 aromatic rings. The van der Waals surface area contributed by atoms with E-state index in [4.69, 9.17) is 9.47 Å². The molecule has 1 saturated heterocycles. The van der Waals surface area contributed by atoms with Gasteiger partial charge in [0.25, 0.3) is 5.91 Å². The van der Waals surface area contributed by atoms with Gasteiger partial charge < -0.3 is 19.7 Å². The number of aryl methyl sites for hydroxylation is 1. The minimum Gasteiger partial charge on any atom is -0.488 e. The molecule has 1 saturated carbocycles. The number of hydrogen-bond donors (Lipinski definition) is 1. The first-order valence-electron chi connectivity index (χ1n) is 11.6. The Morgan fingerprint density at radius 1 is 1.03 bits per heavy atom. The summed E-state index contributed by atoms with van der Waals surface area (Å²) in [6.07, 6.45) is 8.66. The summed E-state index contributed by atoms with van der Waals surface area (Å²) in [4.78, 5) is 28.1. The van der Waals surface area contributed by atoms with E-state index >= 15 is 0 Å². The molecule has 1 aliphatic heterocycles. The SMILES string of the molecule is Cc1ccnc(C(=O)N[C@H]2CC[C@@H](Oc3cc(N4CCOCC4)cc4nccnc34)CC2)c1. The summed E-state index contributed by atoms with van der Waals surface area (Å²) in [6, 6.07) is 8.00.